The Labute approximate surface area is 128 Å². The number of rotatable bonds is 1. The van der Waals surface area contributed by atoms with Gasteiger partial charge >= 0.3 is 0 Å². The number of fused-ring (bicyclic) bond motifs is 3. The van der Waals surface area contributed by atoms with E-state index in [0.29, 0.717) is 24.9 Å². The standard InChI is InChI=1S/C14H13N3O3.C2H6/c1-7-10-6-17(12(19)9(10)2-3-15-7)14-4-8(5-14)11(18)16-13(14)20;1-2/h2-3,8H,4-6H2,1H3,(H,16,18,20);1-2H3. The minimum Gasteiger partial charge on any atom is -0.319 e. The highest BCUT2D eigenvalue weighted by Gasteiger charge is 2.63. The molecule has 1 aromatic heterocycles. The zero-order valence-electron chi connectivity index (χ0n) is 13.0. The van der Waals surface area contributed by atoms with Crippen molar-refractivity contribution in [2.45, 2.75) is 45.7 Å². The lowest BCUT2D eigenvalue weighted by Gasteiger charge is -2.53. The van der Waals surface area contributed by atoms with Crippen molar-refractivity contribution in [1.82, 2.24) is 15.2 Å². The first-order valence-electron chi connectivity index (χ1n) is 7.65. The molecule has 22 heavy (non-hydrogen) atoms. The summed E-state index contributed by atoms with van der Waals surface area (Å²) >= 11 is 0. The summed E-state index contributed by atoms with van der Waals surface area (Å²) < 4.78 is 0. The molecule has 0 spiro atoms. The Hall–Kier alpha value is -2.24. The lowest BCUT2D eigenvalue weighted by molar-refractivity contribution is -0.160. The first kappa shape index (κ1) is 14.7. The van der Waals surface area contributed by atoms with E-state index in [4.69, 9.17) is 0 Å². The van der Waals surface area contributed by atoms with Gasteiger partial charge in [0.15, 0.2) is 0 Å². The zero-order chi connectivity index (χ0) is 16.1. The molecule has 4 aliphatic rings. The van der Waals surface area contributed by atoms with Gasteiger partial charge in [-0.05, 0) is 25.8 Å². The molecule has 4 heterocycles. The van der Waals surface area contributed by atoms with E-state index in [1.165, 1.54) is 0 Å². The second-order valence-corrected chi connectivity index (χ2v) is 5.77. The molecule has 0 atom stereocenters. The van der Waals surface area contributed by atoms with Crippen LogP contribution in [-0.2, 0) is 16.1 Å². The molecule has 2 bridgehead atoms. The maximum Gasteiger partial charge on any atom is 0.255 e. The third-order valence-corrected chi connectivity index (χ3v) is 4.78. The zero-order valence-corrected chi connectivity index (χ0v) is 13.0. The van der Waals surface area contributed by atoms with Gasteiger partial charge < -0.3 is 4.90 Å². The molecule has 116 valence electrons. The Morgan fingerprint density at radius 1 is 1.27 bits per heavy atom. The van der Waals surface area contributed by atoms with Crippen LogP contribution in [0.4, 0.5) is 0 Å². The number of piperidine rings is 2. The van der Waals surface area contributed by atoms with Gasteiger partial charge in [-0.15, -0.1) is 0 Å². The largest absolute Gasteiger partial charge is 0.319 e. The molecule has 1 aliphatic carbocycles. The molecule has 1 N–H and O–H groups in total. The normalized spacial score (nSPS) is 28.4. The summed E-state index contributed by atoms with van der Waals surface area (Å²) in [7, 11) is 0. The second-order valence-electron chi connectivity index (χ2n) is 5.77. The summed E-state index contributed by atoms with van der Waals surface area (Å²) in [6.45, 7) is 6.27. The van der Waals surface area contributed by atoms with E-state index in [2.05, 4.69) is 10.3 Å². The van der Waals surface area contributed by atoms with Crippen molar-refractivity contribution in [3.8, 4) is 0 Å². The van der Waals surface area contributed by atoms with Crippen LogP contribution in [0.1, 0.15) is 48.3 Å². The number of amides is 3. The molecular formula is C16H19N3O3. The van der Waals surface area contributed by atoms with E-state index >= 15 is 0 Å². The van der Waals surface area contributed by atoms with Crippen molar-refractivity contribution in [3.63, 3.8) is 0 Å². The van der Waals surface area contributed by atoms with Crippen LogP contribution in [0.3, 0.4) is 0 Å². The Kier molecular flexibility index (Phi) is 3.27. The number of hydrogen-bond donors (Lipinski definition) is 1. The predicted octanol–water partition coefficient (Wildman–Crippen LogP) is 1.18. The molecule has 0 radical (unpaired) electrons. The molecule has 2 saturated heterocycles. The Bertz CT molecular complexity index is 677. The number of pyridine rings is 1. The summed E-state index contributed by atoms with van der Waals surface area (Å²) in [5, 5.41) is 2.37. The van der Waals surface area contributed by atoms with Crippen molar-refractivity contribution in [1.29, 1.82) is 0 Å². The van der Waals surface area contributed by atoms with Crippen molar-refractivity contribution >= 4 is 17.7 Å². The smallest absolute Gasteiger partial charge is 0.255 e. The number of carbonyl (C=O) groups is 3. The van der Waals surface area contributed by atoms with Gasteiger partial charge in [-0.1, -0.05) is 13.8 Å². The number of nitrogens with zero attached hydrogens (tertiary/aromatic N) is 2. The highest BCUT2D eigenvalue weighted by Crippen LogP contribution is 2.48. The van der Waals surface area contributed by atoms with Crippen molar-refractivity contribution in [2.75, 3.05) is 0 Å². The van der Waals surface area contributed by atoms with E-state index in [1.807, 2.05) is 20.8 Å². The van der Waals surface area contributed by atoms with Gasteiger partial charge in [-0.2, -0.15) is 0 Å². The maximum atomic E-state index is 12.5. The molecule has 3 aliphatic heterocycles. The fraction of sp³-hybridized carbons (Fsp3) is 0.500. The molecule has 6 heteroatoms. The summed E-state index contributed by atoms with van der Waals surface area (Å²) in [5.74, 6) is -0.812. The summed E-state index contributed by atoms with van der Waals surface area (Å²) in [4.78, 5) is 42.1. The number of imide groups is 1. The van der Waals surface area contributed by atoms with Crippen LogP contribution in [0, 0.1) is 12.8 Å². The molecular weight excluding hydrogens is 282 g/mol. The molecule has 3 amide bonds. The Morgan fingerprint density at radius 2 is 1.95 bits per heavy atom. The lowest BCUT2D eigenvalue weighted by Crippen LogP contribution is -2.73. The van der Waals surface area contributed by atoms with Crippen LogP contribution in [0.5, 0.6) is 0 Å². The monoisotopic (exact) mass is 301 g/mol. The third kappa shape index (κ3) is 1.73. The minimum atomic E-state index is -0.832. The van der Waals surface area contributed by atoms with E-state index < -0.39 is 5.54 Å². The van der Waals surface area contributed by atoms with E-state index in [9.17, 15) is 14.4 Å². The number of aromatic nitrogens is 1. The molecule has 5 rings (SSSR count). The van der Waals surface area contributed by atoms with E-state index in [-0.39, 0.29) is 23.6 Å². The van der Waals surface area contributed by atoms with Crippen LogP contribution in [-0.4, -0.2) is 33.1 Å². The van der Waals surface area contributed by atoms with Crippen LogP contribution >= 0.6 is 0 Å². The highest BCUT2D eigenvalue weighted by molar-refractivity contribution is 6.10. The fourth-order valence-corrected chi connectivity index (χ4v) is 3.52. The lowest BCUT2D eigenvalue weighted by atomic mass is 9.63. The molecule has 1 aromatic rings. The van der Waals surface area contributed by atoms with Crippen LogP contribution in [0.2, 0.25) is 0 Å². The summed E-state index contributed by atoms with van der Waals surface area (Å²) in [5.41, 5.74) is 1.50. The number of aryl methyl sites for hydroxylation is 1. The molecule has 3 fully saturated rings. The SMILES string of the molecule is CC.Cc1nccc2c1CN(C13CC(C1)C(=O)NC3=O)C2=O. The van der Waals surface area contributed by atoms with Gasteiger partial charge in [-0.25, -0.2) is 0 Å². The predicted molar refractivity (Wildman–Crippen MR) is 78.8 cm³/mol. The highest BCUT2D eigenvalue weighted by atomic mass is 16.2. The third-order valence-electron chi connectivity index (χ3n) is 4.78. The van der Waals surface area contributed by atoms with Gasteiger partial charge in [0.2, 0.25) is 5.91 Å². The topological polar surface area (TPSA) is 79.4 Å². The first-order chi connectivity index (χ1) is 10.5. The maximum absolute atomic E-state index is 12.5. The molecule has 1 saturated carbocycles. The minimum absolute atomic E-state index is 0.131. The van der Waals surface area contributed by atoms with Gasteiger partial charge in [0.05, 0.1) is 0 Å². The molecule has 0 aromatic carbocycles. The number of carbonyl (C=O) groups excluding carboxylic acids is 3. The van der Waals surface area contributed by atoms with Crippen LogP contribution in [0.25, 0.3) is 0 Å². The van der Waals surface area contributed by atoms with Crippen LogP contribution < -0.4 is 5.32 Å². The molecule has 6 nitrogen and oxygen atoms in total. The van der Waals surface area contributed by atoms with E-state index in [0.717, 1.165) is 11.3 Å². The fourth-order valence-electron chi connectivity index (χ4n) is 3.52. The number of hydrogen-bond acceptors (Lipinski definition) is 4. The van der Waals surface area contributed by atoms with Gasteiger partial charge in [0, 0.05) is 35.5 Å². The average Bonchev–Trinajstić information content (AvgIpc) is 2.79. The first-order valence-corrected chi connectivity index (χ1v) is 7.65. The number of nitrogens with one attached hydrogen (secondary N) is 1. The van der Waals surface area contributed by atoms with Gasteiger partial charge in [0.1, 0.15) is 5.54 Å². The quantitative estimate of drug-likeness (QED) is 0.790. The van der Waals surface area contributed by atoms with Crippen molar-refractivity contribution in [2.24, 2.45) is 5.92 Å². The van der Waals surface area contributed by atoms with E-state index in [1.54, 1.807) is 17.2 Å². The van der Waals surface area contributed by atoms with Crippen molar-refractivity contribution in [3.05, 3.63) is 29.1 Å². The van der Waals surface area contributed by atoms with Crippen LogP contribution in [0.15, 0.2) is 12.3 Å². The summed E-state index contributed by atoms with van der Waals surface area (Å²) in [6, 6.07) is 1.70. The Balaban J connectivity index is 0.000000693. The summed E-state index contributed by atoms with van der Waals surface area (Å²) in [6.07, 6.45) is 2.51. The van der Waals surface area contributed by atoms with Crippen molar-refractivity contribution < 1.29 is 14.4 Å². The van der Waals surface area contributed by atoms with Gasteiger partial charge in [-0.3, -0.25) is 24.7 Å². The van der Waals surface area contributed by atoms with Gasteiger partial charge in [0.25, 0.3) is 11.8 Å². The molecule has 0 unspecified atom stereocenters. The second kappa shape index (κ2) is 4.90. The average molecular weight is 301 g/mol. The Morgan fingerprint density at radius 3 is 2.55 bits per heavy atom.